The minimum atomic E-state index is -0.608. The van der Waals surface area contributed by atoms with Crippen LogP contribution in [0.5, 0.6) is 11.5 Å². The first-order chi connectivity index (χ1) is 13.6. The Kier molecular flexibility index (Phi) is 5.31. The summed E-state index contributed by atoms with van der Waals surface area (Å²) in [5.41, 5.74) is 0.974. The Balaban J connectivity index is 1.48. The molecule has 1 spiro atoms. The molecule has 4 rings (SSSR count). The highest BCUT2D eigenvalue weighted by atomic mass is 19.1. The molecule has 6 heteroatoms. The third-order valence-corrected chi connectivity index (χ3v) is 5.85. The zero-order valence-corrected chi connectivity index (χ0v) is 15.6. The van der Waals surface area contributed by atoms with E-state index in [-0.39, 0.29) is 17.6 Å². The number of fused-ring (bicyclic) bond motifs is 2. The zero-order chi connectivity index (χ0) is 19.6. The van der Waals surface area contributed by atoms with Crippen LogP contribution in [0, 0.1) is 11.6 Å². The van der Waals surface area contributed by atoms with Crippen molar-refractivity contribution in [3.8, 4) is 11.5 Å². The number of carbonyl (C=O) groups is 1. The molecule has 0 bridgehead atoms. The molecule has 0 radical (unpaired) electrons. The van der Waals surface area contributed by atoms with Crippen molar-refractivity contribution in [2.75, 3.05) is 26.2 Å². The number of benzene rings is 2. The molecule has 148 valence electrons. The Morgan fingerprint density at radius 3 is 2.61 bits per heavy atom. The lowest BCUT2D eigenvalue weighted by atomic mass is 9.74. The van der Waals surface area contributed by atoms with Crippen LogP contribution >= 0.6 is 0 Å². The highest BCUT2D eigenvalue weighted by Crippen LogP contribution is 2.46. The molecule has 0 aliphatic carbocycles. The van der Waals surface area contributed by atoms with Gasteiger partial charge in [0.25, 0.3) is 0 Å². The molecule has 0 saturated carbocycles. The van der Waals surface area contributed by atoms with Crippen molar-refractivity contribution in [1.29, 1.82) is 0 Å². The van der Waals surface area contributed by atoms with E-state index in [1.807, 2.05) is 12.1 Å². The van der Waals surface area contributed by atoms with Gasteiger partial charge in [-0.25, -0.2) is 8.78 Å². The predicted octanol–water partition coefficient (Wildman–Crippen LogP) is 3.86. The summed E-state index contributed by atoms with van der Waals surface area (Å²) in [5, 5.41) is 0. The summed E-state index contributed by atoms with van der Waals surface area (Å²) in [6.45, 7) is 3.11. The van der Waals surface area contributed by atoms with Crippen LogP contribution in [0.25, 0.3) is 0 Å². The molecular weight excluding hydrogens is 364 g/mol. The summed E-state index contributed by atoms with van der Waals surface area (Å²) < 4.78 is 39.3. The largest absolute Gasteiger partial charge is 0.492 e. The van der Waals surface area contributed by atoms with Crippen molar-refractivity contribution in [2.24, 2.45) is 0 Å². The van der Waals surface area contributed by atoms with Crippen molar-refractivity contribution >= 4 is 6.29 Å². The van der Waals surface area contributed by atoms with E-state index in [2.05, 4.69) is 4.90 Å². The van der Waals surface area contributed by atoms with E-state index in [0.717, 1.165) is 50.1 Å². The zero-order valence-electron chi connectivity index (χ0n) is 15.6. The molecular formula is C22H23F2NO3. The first-order valence-electron chi connectivity index (χ1n) is 9.60. The van der Waals surface area contributed by atoms with Gasteiger partial charge in [-0.1, -0.05) is 6.07 Å². The van der Waals surface area contributed by atoms with Gasteiger partial charge in [-0.05, 0) is 56.3 Å². The second-order valence-electron chi connectivity index (χ2n) is 7.51. The van der Waals surface area contributed by atoms with Gasteiger partial charge < -0.3 is 19.2 Å². The number of piperidine rings is 1. The van der Waals surface area contributed by atoms with Crippen LogP contribution in [-0.2, 0) is 16.8 Å². The van der Waals surface area contributed by atoms with Gasteiger partial charge in [-0.2, -0.15) is 0 Å². The average molecular weight is 387 g/mol. The standard InChI is InChI=1S/C22H23F2NO3/c23-19-3-1-4-20(24)17(19)14-27-16-5-6-21-18(13-16)22(15-28-21)7-10-25(11-8-22)9-2-12-26/h1,3-6,12-13H,2,7-11,14-15H2. The van der Waals surface area contributed by atoms with Gasteiger partial charge in [0, 0.05) is 23.9 Å². The third kappa shape index (κ3) is 3.61. The molecule has 2 heterocycles. The maximum absolute atomic E-state index is 13.8. The van der Waals surface area contributed by atoms with E-state index < -0.39 is 11.6 Å². The lowest BCUT2D eigenvalue weighted by Gasteiger charge is -2.38. The SMILES string of the molecule is O=CCCN1CCC2(CC1)COc1ccc(OCc3c(F)cccc3F)cc12. The van der Waals surface area contributed by atoms with Crippen LogP contribution in [0.3, 0.4) is 0 Å². The summed E-state index contributed by atoms with van der Waals surface area (Å²) in [6.07, 6.45) is 3.42. The molecule has 0 N–H and O–H groups in total. The lowest BCUT2D eigenvalue weighted by Crippen LogP contribution is -2.43. The van der Waals surface area contributed by atoms with Crippen molar-refractivity contribution in [1.82, 2.24) is 4.90 Å². The first-order valence-corrected chi connectivity index (χ1v) is 9.60. The Morgan fingerprint density at radius 1 is 1.14 bits per heavy atom. The smallest absolute Gasteiger partial charge is 0.132 e. The minimum absolute atomic E-state index is 0.0599. The van der Waals surface area contributed by atoms with E-state index in [4.69, 9.17) is 9.47 Å². The molecule has 2 aromatic rings. The second kappa shape index (κ2) is 7.87. The Hall–Kier alpha value is -2.47. The lowest BCUT2D eigenvalue weighted by molar-refractivity contribution is -0.108. The first kappa shape index (κ1) is 18.9. The van der Waals surface area contributed by atoms with E-state index in [0.29, 0.717) is 18.8 Å². The number of aldehydes is 1. The summed E-state index contributed by atoms with van der Waals surface area (Å²) >= 11 is 0. The van der Waals surface area contributed by atoms with Gasteiger partial charge in [0.2, 0.25) is 0 Å². The summed E-state index contributed by atoms with van der Waals surface area (Å²) in [4.78, 5) is 12.9. The van der Waals surface area contributed by atoms with Crippen molar-refractivity contribution in [2.45, 2.75) is 31.3 Å². The van der Waals surface area contributed by atoms with E-state index in [9.17, 15) is 13.6 Å². The Bertz CT molecular complexity index is 843. The molecule has 1 saturated heterocycles. The quantitative estimate of drug-likeness (QED) is 0.706. The number of hydrogen-bond donors (Lipinski definition) is 0. The normalized spacial score (nSPS) is 17.9. The van der Waals surface area contributed by atoms with Gasteiger partial charge in [0.1, 0.15) is 36.0 Å². The molecule has 2 aliphatic rings. The van der Waals surface area contributed by atoms with Gasteiger partial charge in [-0.3, -0.25) is 0 Å². The number of ether oxygens (including phenoxy) is 2. The van der Waals surface area contributed by atoms with Gasteiger partial charge in [0.05, 0.1) is 12.2 Å². The summed E-state index contributed by atoms with van der Waals surface area (Å²) in [7, 11) is 0. The fraction of sp³-hybridized carbons (Fsp3) is 0.409. The maximum Gasteiger partial charge on any atom is 0.132 e. The topological polar surface area (TPSA) is 38.8 Å². The molecule has 1 fully saturated rings. The highest BCUT2D eigenvalue weighted by Gasteiger charge is 2.43. The van der Waals surface area contributed by atoms with Gasteiger partial charge in [-0.15, -0.1) is 0 Å². The van der Waals surface area contributed by atoms with Crippen molar-refractivity contribution < 1.29 is 23.0 Å². The molecule has 28 heavy (non-hydrogen) atoms. The van der Waals surface area contributed by atoms with Crippen LogP contribution in [-0.4, -0.2) is 37.4 Å². The van der Waals surface area contributed by atoms with Crippen molar-refractivity contribution in [3.63, 3.8) is 0 Å². The Labute approximate surface area is 163 Å². The number of halogens is 2. The molecule has 0 atom stereocenters. The Morgan fingerprint density at radius 2 is 1.89 bits per heavy atom. The monoisotopic (exact) mass is 387 g/mol. The van der Waals surface area contributed by atoms with Crippen LogP contribution < -0.4 is 9.47 Å². The predicted molar refractivity (Wildman–Crippen MR) is 101 cm³/mol. The maximum atomic E-state index is 13.8. The fourth-order valence-corrected chi connectivity index (χ4v) is 4.11. The molecule has 4 nitrogen and oxygen atoms in total. The molecule has 2 aliphatic heterocycles. The third-order valence-electron chi connectivity index (χ3n) is 5.85. The van der Waals surface area contributed by atoms with E-state index in [1.54, 1.807) is 6.07 Å². The van der Waals surface area contributed by atoms with E-state index >= 15 is 0 Å². The van der Waals surface area contributed by atoms with Gasteiger partial charge in [0.15, 0.2) is 0 Å². The second-order valence-corrected chi connectivity index (χ2v) is 7.51. The van der Waals surface area contributed by atoms with Crippen LogP contribution in [0.2, 0.25) is 0 Å². The van der Waals surface area contributed by atoms with Crippen LogP contribution in [0.4, 0.5) is 8.78 Å². The molecule has 0 amide bonds. The molecule has 0 unspecified atom stereocenters. The molecule has 2 aromatic carbocycles. The number of hydrogen-bond acceptors (Lipinski definition) is 4. The number of likely N-dealkylation sites (tertiary alicyclic amines) is 1. The number of carbonyl (C=O) groups excluding carboxylic acids is 1. The minimum Gasteiger partial charge on any atom is -0.492 e. The van der Waals surface area contributed by atoms with Crippen molar-refractivity contribution in [3.05, 3.63) is 59.2 Å². The van der Waals surface area contributed by atoms with Crippen LogP contribution in [0.15, 0.2) is 36.4 Å². The molecule has 0 aromatic heterocycles. The highest BCUT2D eigenvalue weighted by molar-refractivity contribution is 5.50. The average Bonchev–Trinajstić information content (AvgIpc) is 3.05. The van der Waals surface area contributed by atoms with E-state index in [1.165, 1.54) is 18.2 Å². The fourth-order valence-electron chi connectivity index (χ4n) is 4.11. The number of rotatable bonds is 6. The summed E-state index contributed by atoms with van der Waals surface area (Å²) in [6, 6.07) is 9.39. The van der Waals surface area contributed by atoms with Crippen LogP contribution in [0.1, 0.15) is 30.4 Å². The summed E-state index contributed by atoms with van der Waals surface area (Å²) in [5.74, 6) is 0.216. The number of nitrogens with zero attached hydrogens (tertiary/aromatic N) is 1. The van der Waals surface area contributed by atoms with Gasteiger partial charge >= 0.3 is 0 Å².